The summed E-state index contributed by atoms with van der Waals surface area (Å²) in [5, 5.41) is 10.8. The van der Waals surface area contributed by atoms with E-state index in [9.17, 15) is 28.1 Å². The largest absolute Gasteiger partial charge is 0.573 e. The average molecular weight is 400 g/mol. The quantitative estimate of drug-likeness (QED) is 0.565. The van der Waals surface area contributed by atoms with E-state index in [1.807, 2.05) is 0 Å². The molecule has 150 valence electrons. The summed E-state index contributed by atoms with van der Waals surface area (Å²) in [6, 6.07) is 4.85. The number of fused-ring (bicyclic) bond motifs is 1. The van der Waals surface area contributed by atoms with Crippen LogP contribution in [-0.2, 0) is 17.9 Å². The number of imidazole rings is 1. The summed E-state index contributed by atoms with van der Waals surface area (Å²) >= 11 is 0. The fourth-order valence-electron chi connectivity index (χ4n) is 2.85. The molecule has 2 aromatic rings. The van der Waals surface area contributed by atoms with Crippen LogP contribution in [0, 0.1) is 10.1 Å². The van der Waals surface area contributed by atoms with Crippen molar-refractivity contribution in [3.63, 3.8) is 0 Å². The van der Waals surface area contributed by atoms with Gasteiger partial charge in [0.2, 0.25) is 5.91 Å². The van der Waals surface area contributed by atoms with E-state index in [2.05, 4.69) is 9.72 Å². The topological polar surface area (TPSA) is 99.7 Å². The number of carbonyl (C=O) groups excluding carboxylic acids is 1. The number of alkyl halides is 3. The first-order valence-electron chi connectivity index (χ1n) is 8.08. The molecule has 1 amide bonds. The van der Waals surface area contributed by atoms with Crippen LogP contribution in [-0.4, -0.2) is 44.3 Å². The van der Waals surface area contributed by atoms with E-state index in [1.54, 1.807) is 0 Å². The lowest BCUT2D eigenvalue weighted by atomic mass is 10.1. The number of halogens is 3. The van der Waals surface area contributed by atoms with Crippen molar-refractivity contribution in [2.75, 3.05) is 6.61 Å². The molecule has 28 heavy (non-hydrogen) atoms. The zero-order chi connectivity index (χ0) is 20.5. The van der Waals surface area contributed by atoms with Gasteiger partial charge in [-0.1, -0.05) is 12.1 Å². The van der Waals surface area contributed by atoms with Gasteiger partial charge in [-0.3, -0.25) is 9.36 Å². The number of hydrogen-bond donors (Lipinski definition) is 0. The molecule has 1 aliphatic rings. The first-order chi connectivity index (χ1) is 13.1. The van der Waals surface area contributed by atoms with E-state index in [0.717, 1.165) is 12.1 Å². The highest BCUT2D eigenvalue weighted by atomic mass is 19.4. The Balaban J connectivity index is 1.72. The first kappa shape index (κ1) is 19.5. The Labute approximate surface area is 156 Å². The van der Waals surface area contributed by atoms with Crippen molar-refractivity contribution < 1.29 is 32.4 Å². The zero-order valence-electron chi connectivity index (χ0n) is 14.5. The third-order valence-corrected chi connectivity index (χ3v) is 4.08. The van der Waals surface area contributed by atoms with Gasteiger partial charge in [0.25, 0.3) is 0 Å². The van der Waals surface area contributed by atoms with E-state index in [-0.39, 0.29) is 43.2 Å². The van der Waals surface area contributed by atoms with Gasteiger partial charge in [0.1, 0.15) is 18.6 Å². The summed E-state index contributed by atoms with van der Waals surface area (Å²) in [5.74, 6) is -0.991. The fourth-order valence-corrected chi connectivity index (χ4v) is 2.85. The maximum Gasteiger partial charge on any atom is 0.573 e. The lowest BCUT2D eigenvalue weighted by Gasteiger charge is -2.33. The number of ether oxygens (including phenoxy) is 2. The second kappa shape index (κ2) is 7.37. The van der Waals surface area contributed by atoms with Crippen molar-refractivity contribution >= 4 is 11.7 Å². The average Bonchev–Trinajstić information content (AvgIpc) is 3.03. The molecule has 0 bridgehead atoms. The van der Waals surface area contributed by atoms with E-state index >= 15 is 0 Å². The van der Waals surface area contributed by atoms with Crippen LogP contribution in [0.3, 0.4) is 0 Å². The molecular formula is C16H15F3N4O5. The van der Waals surface area contributed by atoms with Gasteiger partial charge in [-0.05, 0) is 22.6 Å². The number of nitro groups is 1. The normalized spacial score (nSPS) is 16.1. The van der Waals surface area contributed by atoms with E-state index in [0.29, 0.717) is 5.56 Å². The van der Waals surface area contributed by atoms with Gasteiger partial charge in [-0.2, -0.15) is 0 Å². The minimum Gasteiger partial charge on any atom is -0.444 e. The van der Waals surface area contributed by atoms with Gasteiger partial charge >= 0.3 is 18.2 Å². The smallest absolute Gasteiger partial charge is 0.444 e. The maximum atomic E-state index is 12.2. The third-order valence-electron chi connectivity index (χ3n) is 4.08. The number of benzene rings is 1. The predicted octanol–water partition coefficient (Wildman–Crippen LogP) is 2.50. The van der Waals surface area contributed by atoms with Crippen molar-refractivity contribution in [3.05, 3.63) is 46.1 Å². The van der Waals surface area contributed by atoms with Crippen LogP contribution in [0.25, 0.3) is 0 Å². The van der Waals surface area contributed by atoms with E-state index in [1.165, 1.54) is 34.7 Å². The number of rotatable bonds is 5. The predicted molar refractivity (Wildman–Crippen MR) is 87.5 cm³/mol. The summed E-state index contributed by atoms with van der Waals surface area (Å²) in [4.78, 5) is 27.5. The van der Waals surface area contributed by atoms with Gasteiger partial charge in [0.15, 0.2) is 0 Å². The Morgan fingerprint density at radius 1 is 1.43 bits per heavy atom. The second-order valence-electron chi connectivity index (χ2n) is 6.09. The molecule has 0 saturated heterocycles. The van der Waals surface area contributed by atoms with Crippen molar-refractivity contribution in [1.29, 1.82) is 0 Å². The van der Waals surface area contributed by atoms with Gasteiger partial charge < -0.3 is 24.5 Å². The van der Waals surface area contributed by atoms with Crippen LogP contribution >= 0.6 is 0 Å². The first-order valence-corrected chi connectivity index (χ1v) is 8.08. The minimum absolute atomic E-state index is 0.0863. The molecule has 1 aromatic carbocycles. The molecule has 0 N–H and O–H groups in total. The molecule has 9 nitrogen and oxygen atoms in total. The molecule has 12 heteroatoms. The maximum absolute atomic E-state index is 12.2. The molecule has 0 aliphatic carbocycles. The molecule has 0 fully saturated rings. The van der Waals surface area contributed by atoms with Crippen LogP contribution in [0.1, 0.15) is 12.5 Å². The zero-order valence-corrected chi connectivity index (χ0v) is 14.5. The van der Waals surface area contributed by atoms with Crippen molar-refractivity contribution in [1.82, 2.24) is 14.5 Å². The molecule has 0 spiro atoms. The minimum atomic E-state index is -4.78. The van der Waals surface area contributed by atoms with E-state index < -0.39 is 17.3 Å². The summed E-state index contributed by atoms with van der Waals surface area (Å²) in [5.41, 5.74) is 0.590. The summed E-state index contributed by atoms with van der Waals surface area (Å²) in [7, 11) is 0. The lowest BCUT2D eigenvalue weighted by Crippen LogP contribution is -2.46. The molecule has 2 heterocycles. The van der Waals surface area contributed by atoms with Gasteiger partial charge in [-0.15, -0.1) is 13.2 Å². The second-order valence-corrected chi connectivity index (χ2v) is 6.09. The Morgan fingerprint density at radius 2 is 2.11 bits per heavy atom. The molecule has 0 saturated carbocycles. The number of carbonyl (C=O) groups is 1. The molecule has 1 atom stereocenters. The fraction of sp³-hybridized carbons (Fsp3) is 0.375. The molecular weight excluding hydrogens is 385 g/mol. The molecule has 1 aliphatic heterocycles. The SMILES string of the molecule is CC(=O)N(Cc1ccc(OC(F)(F)F)cc1)[C@@H]1COc2nc([N+](=O)[O-])cn2C1. The van der Waals surface area contributed by atoms with Gasteiger partial charge in [0, 0.05) is 18.5 Å². The number of aromatic nitrogens is 2. The molecule has 0 radical (unpaired) electrons. The van der Waals surface area contributed by atoms with Crippen LogP contribution < -0.4 is 9.47 Å². The lowest BCUT2D eigenvalue weighted by molar-refractivity contribution is -0.389. The summed E-state index contributed by atoms with van der Waals surface area (Å²) < 4.78 is 47.4. The Hall–Kier alpha value is -3.31. The highest BCUT2D eigenvalue weighted by Gasteiger charge is 2.33. The molecule has 3 rings (SSSR count). The number of nitrogens with zero attached hydrogens (tertiary/aromatic N) is 4. The van der Waals surface area contributed by atoms with Gasteiger partial charge in [0.05, 0.1) is 12.6 Å². The Kier molecular flexibility index (Phi) is 5.12. The number of amides is 1. The Morgan fingerprint density at radius 3 is 2.68 bits per heavy atom. The highest BCUT2D eigenvalue weighted by molar-refractivity contribution is 5.73. The monoisotopic (exact) mass is 400 g/mol. The standard InChI is InChI=1S/C16H15F3N4O5/c1-10(24)22(6-11-2-4-13(5-3-11)28-16(17,18)19)12-7-21-8-14(23(25)26)20-15(21)27-9-12/h2-5,8,12H,6-7,9H2,1H3/t12-/m0/s1. The van der Waals surface area contributed by atoms with Crippen molar-refractivity contribution in [2.24, 2.45) is 0 Å². The van der Waals surface area contributed by atoms with E-state index in [4.69, 9.17) is 4.74 Å². The number of hydrogen-bond acceptors (Lipinski definition) is 6. The van der Waals surface area contributed by atoms with Crippen LogP contribution in [0.15, 0.2) is 30.5 Å². The third kappa shape index (κ3) is 4.50. The van der Waals surface area contributed by atoms with Crippen LogP contribution in [0.4, 0.5) is 19.0 Å². The summed E-state index contributed by atoms with van der Waals surface area (Å²) in [6.45, 7) is 1.81. The van der Waals surface area contributed by atoms with Crippen LogP contribution in [0.2, 0.25) is 0 Å². The van der Waals surface area contributed by atoms with Crippen molar-refractivity contribution in [3.8, 4) is 11.8 Å². The molecule has 0 unspecified atom stereocenters. The van der Waals surface area contributed by atoms with Gasteiger partial charge in [-0.25, -0.2) is 0 Å². The molecule has 1 aromatic heterocycles. The summed E-state index contributed by atoms with van der Waals surface area (Å²) in [6.07, 6.45) is -3.55. The van der Waals surface area contributed by atoms with Crippen LogP contribution in [0.5, 0.6) is 11.8 Å². The van der Waals surface area contributed by atoms with Crippen molar-refractivity contribution in [2.45, 2.75) is 32.4 Å². The Bertz CT molecular complexity index is 881. The highest BCUT2D eigenvalue weighted by Crippen LogP contribution is 2.26.